The molecule has 0 radical (unpaired) electrons. The lowest BCUT2D eigenvalue weighted by Gasteiger charge is -2.10. The average Bonchev–Trinajstić information content (AvgIpc) is 2.65. The first-order valence-corrected chi connectivity index (χ1v) is 5.66. The van der Waals surface area contributed by atoms with Crippen LogP contribution in [0.1, 0.15) is 22.8 Å². The highest BCUT2D eigenvalue weighted by molar-refractivity contribution is 6.41. The number of rotatable bonds is 3. The molecule has 1 amide bonds. The van der Waals surface area contributed by atoms with E-state index in [2.05, 4.69) is 4.74 Å². The first kappa shape index (κ1) is 12.3. The Bertz CT molecular complexity index is 536. The van der Waals surface area contributed by atoms with Gasteiger partial charge in [0.1, 0.15) is 0 Å². The number of amides is 1. The third-order valence-electron chi connectivity index (χ3n) is 2.92. The number of nitrogens with zero attached hydrogens (tertiary/aromatic N) is 1. The van der Waals surface area contributed by atoms with Gasteiger partial charge >= 0.3 is 5.97 Å². The average molecular weight is 247 g/mol. The first-order valence-electron chi connectivity index (χ1n) is 5.66. The molecule has 1 heterocycles. The molecule has 94 valence electrons. The van der Waals surface area contributed by atoms with Crippen molar-refractivity contribution in [2.24, 2.45) is 0 Å². The number of carbonyl (C=O) groups is 3. The zero-order chi connectivity index (χ0) is 13.3. The standard InChI is InChI=1S/C13H13NO4/c1-3-18-13(17)12(16)8-5-4-6-10-9(8)7-11(15)14(10)2/h4-6H,3,7H2,1-2H3. The highest BCUT2D eigenvalue weighted by Crippen LogP contribution is 2.30. The Kier molecular flexibility index (Phi) is 3.14. The molecule has 0 unspecified atom stereocenters. The molecule has 0 saturated heterocycles. The Morgan fingerprint density at radius 3 is 2.78 bits per heavy atom. The number of hydrogen-bond acceptors (Lipinski definition) is 4. The second-order valence-electron chi connectivity index (χ2n) is 3.98. The lowest BCUT2D eigenvalue weighted by Crippen LogP contribution is -2.20. The minimum atomic E-state index is -0.882. The summed E-state index contributed by atoms with van der Waals surface area (Å²) in [6, 6.07) is 4.95. The topological polar surface area (TPSA) is 63.7 Å². The lowest BCUT2D eigenvalue weighted by molar-refractivity contribution is -0.137. The van der Waals surface area contributed by atoms with E-state index in [-0.39, 0.29) is 24.5 Å². The second-order valence-corrected chi connectivity index (χ2v) is 3.98. The van der Waals surface area contributed by atoms with Gasteiger partial charge in [-0.25, -0.2) is 4.79 Å². The van der Waals surface area contributed by atoms with Gasteiger partial charge in [0.05, 0.1) is 13.0 Å². The SMILES string of the molecule is CCOC(=O)C(=O)c1cccc2c1CC(=O)N2C. The van der Waals surface area contributed by atoms with Crippen molar-refractivity contribution >= 4 is 23.3 Å². The van der Waals surface area contributed by atoms with Gasteiger partial charge in [0.15, 0.2) is 0 Å². The molecule has 1 aromatic rings. The number of fused-ring (bicyclic) bond motifs is 1. The number of ether oxygens (including phenoxy) is 1. The van der Waals surface area contributed by atoms with Crippen LogP contribution < -0.4 is 4.90 Å². The van der Waals surface area contributed by atoms with Gasteiger partial charge < -0.3 is 9.64 Å². The van der Waals surface area contributed by atoms with E-state index in [0.717, 1.165) is 0 Å². The van der Waals surface area contributed by atoms with Gasteiger partial charge in [-0.15, -0.1) is 0 Å². The van der Waals surface area contributed by atoms with Gasteiger partial charge in [0.2, 0.25) is 5.91 Å². The molecular formula is C13H13NO4. The van der Waals surface area contributed by atoms with E-state index in [1.165, 1.54) is 4.90 Å². The summed E-state index contributed by atoms with van der Waals surface area (Å²) in [6.45, 7) is 1.79. The van der Waals surface area contributed by atoms with Gasteiger partial charge in [-0.2, -0.15) is 0 Å². The number of hydrogen-bond donors (Lipinski definition) is 0. The van der Waals surface area contributed by atoms with Gasteiger partial charge in [-0.1, -0.05) is 12.1 Å². The summed E-state index contributed by atoms with van der Waals surface area (Å²) in [5.74, 6) is -1.67. The van der Waals surface area contributed by atoms with Crippen molar-refractivity contribution in [3.05, 3.63) is 29.3 Å². The molecule has 1 aliphatic rings. The molecule has 0 atom stereocenters. The Morgan fingerprint density at radius 1 is 1.39 bits per heavy atom. The largest absolute Gasteiger partial charge is 0.460 e. The summed E-state index contributed by atoms with van der Waals surface area (Å²) in [5, 5.41) is 0. The van der Waals surface area contributed by atoms with Crippen LogP contribution in [-0.4, -0.2) is 31.3 Å². The zero-order valence-electron chi connectivity index (χ0n) is 10.2. The summed E-state index contributed by atoms with van der Waals surface area (Å²) in [4.78, 5) is 36.4. The maximum atomic E-state index is 11.9. The van der Waals surface area contributed by atoms with E-state index in [0.29, 0.717) is 11.3 Å². The molecule has 18 heavy (non-hydrogen) atoms. The number of ketones is 1. The second kappa shape index (κ2) is 4.60. The Labute approximate surface area is 104 Å². The summed E-state index contributed by atoms with van der Waals surface area (Å²) < 4.78 is 4.68. The number of likely N-dealkylation sites (N-methyl/N-ethyl adjacent to an activating group) is 1. The monoisotopic (exact) mass is 247 g/mol. The van der Waals surface area contributed by atoms with Crippen molar-refractivity contribution in [3.63, 3.8) is 0 Å². The molecule has 0 saturated carbocycles. The van der Waals surface area contributed by atoms with Crippen LogP contribution in [0.4, 0.5) is 5.69 Å². The van der Waals surface area contributed by atoms with Crippen LogP contribution in [0.3, 0.4) is 0 Å². The molecular weight excluding hydrogens is 234 g/mol. The Morgan fingerprint density at radius 2 is 2.11 bits per heavy atom. The smallest absolute Gasteiger partial charge is 0.379 e. The van der Waals surface area contributed by atoms with Gasteiger partial charge in [0, 0.05) is 18.3 Å². The number of esters is 1. The quantitative estimate of drug-likeness (QED) is 0.453. The van der Waals surface area contributed by atoms with Crippen LogP contribution in [0.5, 0.6) is 0 Å². The number of anilines is 1. The molecule has 0 fully saturated rings. The Hall–Kier alpha value is -2.17. The van der Waals surface area contributed by atoms with Gasteiger partial charge in [0.25, 0.3) is 5.78 Å². The summed E-state index contributed by atoms with van der Waals surface area (Å²) >= 11 is 0. The van der Waals surface area contributed by atoms with E-state index >= 15 is 0 Å². The molecule has 0 aliphatic carbocycles. The maximum Gasteiger partial charge on any atom is 0.379 e. The van der Waals surface area contributed by atoms with Crippen molar-refractivity contribution in [3.8, 4) is 0 Å². The fourth-order valence-corrected chi connectivity index (χ4v) is 2.00. The maximum absolute atomic E-state index is 11.9. The minimum absolute atomic E-state index is 0.0888. The van der Waals surface area contributed by atoms with Gasteiger partial charge in [-0.3, -0.25) is 9.59 Å². The lowest BCUT2D eigenvalue weighted by atomic mass is 10.0. The molecule has 0 bridgehead atoms. The molecule has 2 rings (SSSR count). The fourth-order valence-electron chi connectivity index (χ4n) is 2.00. The van der Waals surface area contributed by atoms with E-state index < -0.39 is 11.8 Å². The predicted octanol–water partition coefficient (Wildman–Crippen LogP) is 0.951. The van der Waals surface area contributed by atoms with E-state index in [4.69, 9.17) is 0 Å². The molecule has 1 aromatic carbocycles. The van der Waals surface area contributed by atoms with Crippen LogP contribution in [-0.2, 0) is 20.7 Å². The minimum Gasteiger partial charge on any atom is -0.460 e. The van der Waals surface area contributed by atoms with Crippen LogP contribution in [0.2, 0.25) is 0 Å². The van der Waals surface area contributed by atoms with Crippen molar-refractivity contribution in [1.82, 2.24) is 0 Å². The number of benzene rings is 1. The third-order valence-corrected chi connectivity index (χ3v) is 2.92. The molecule has 0 N–H and O–H groups in total. The molecule has 5 heteroatoms. The molecule has 0 aromatic heterocycles. The summed E-state index contributed by atoms with van der Waals surface area (Å²) in [7, 11) is 1.65. The van der Waals surface area contributed by atoms with Crippen molar-refractivity contribution < 1.29 is 19.1 Å². The number of Topliss-reactive ketones (excluding diaryl/α,β-unsaturated/α-hetero) is 1. The highest BCUT2D eigenvalue weighted by Gasteiger charge is 2.30. The normalized spacial score (nSPS) is 13.4. The van der Waals surface area contributed by atoms with E-state index in [1.807, 2.05) is 0 Å². The summed E-state index contributed by atoms with van der Waals surface area (Å²) in [6.07, 6.45) is 0.146. The van der Waals surface area contributed by atoms with Crippen LogP contribution >= 0.6 is 0 Å². The van der Waals surface area contributed by atoms with E-state index in [1.54, 1.807) is 32.2 Å². The van der Waals surface area contributed by atoms with Gasteiger partial charge in [-0.05, 0) is 18.6 Å². The molecule has 5 nitrogen and oxygen atoms in total. The van der Waals surface area contributed by atoms with Crippen molar-refractivity contribution in [1.29, 1.82) is 0 Å². The van der Waals surface area contributed by atoms with Crippen molar-refractivity contribution in [2.75, 3.05) is 18.6 Å². The highest BCUT2D eigenvalue weighted by atomic mass is 16.5. The van der Waals surface area contributed by atoms with E-state index in [9.17, 15) is 14.4 Å². The fraction of sp³-hybridized carbons (Fsp3) is 0.308. The third kappa shape index (κ3) is 1.88. The molecule has 0 spiro atoms. The summed E-state index contributed by atoms with van der Waals surface area (Å²) in [5.41, 5.74) is 1.53. The van der Waals surface area contributed by atoms with Crippen LogP contribution in [0.25, 0.3) is 0 Å². The molecule has 1 aliphatic heterocycles. The predicted molar refractivity (Wildman–Crippen MR) is 64.5 cm³/mol. The van der Waals surface area contributed by atoms with Crippen LogP contribution in [0.15, 0.2) is 18.2 Å². The van der Waals surface area contributed by atoms with Crippen molar-refractivity contribution in [2.45, 2.75) is 13.3 Å². The van der Waals surface area contributed by atoms with Crippen LogP contribution in [0, 0.1) is 0 Å². The Balaban J connectivity index is 2.40. The number of carbonyl (C=O) groups excluding carboxylic acids is 3. The first-order chi connectivity index (χ1) is 8.56. The zero-order valence-corrected chi connectivity index (χ0v) is 10.2.